The minimum atomic E-state index is -0.543. The molecule has 0 saturated heterocycles. The fraction of sp³-hybridized carbons (Fsp3) is 0.130. The molecule has 148 valence electrons. The molecule has 0 heterocycles. The Morgan fingerprint density at radius 2 is 1.72 bits per heavy atom. The normalized spacial score (nSPS) is 10.3. The zero-order valence-corrected chi connectivity index (χ0v) is 17.3. The topological polar surface area (TPSA) is 61.8 Å². The van der Waals surface area contributed by atoms with E-state index in [1.165, 1.54) is 24.8 Å². The van der Waals surface area contributed by atoms with E-state index in [1.54, 1.807) is 24.3 Å². The van der Waals surface area contributed by atoms with Crippen LogP contribution in [-0.4, -0.2) is 26.0 Å². The number of methoxy groups -OCH3 is 1. The van der Waals surface area contributed by atoms with Crippen molar-refractivity contribution in [1.82, 2.24) is 0 Å². The minimum Gasteiger partial charge on any atom is -0.493 e. The largest absolute Gasteiger partial charge is 0.493 e. The van der Waals surface area contributed by atoms with Gasteiger partial charge < -0.3 is 14.2 Å². The quantitative estimate of drug-likeness (QED) is 0.268. The maximum Gasteiger partial charge on any atom is 0.343 e. The highest BCUT2D eigenvalue weighted by atomic mass is 79.9. The Morgan fingerprint density at radius 1 is 0.966 bits per heavy atom. The maximum atomic E-state index is 12.5. The first-order valence-corrected chi connectivity index (χ1v) is 9.71. The number of carbonyl (C=O) groups is 2. The van der Waals surface area contributed by atoms with Gasteiger partial charge in [-0.2, -0.15) is 0 Å². The van der Waals surface area contributed by atoms with Gasteiger partial charge in [0, 0.05) is 12.0 Å². The van der Waals surface area contributed by atoms with Gasteiger partial charge in [0.2, 0.25) is 0 Å². The van der Waals surface area contributed by atoms with Gasteiger partial charge in [-0.3, -0.25) is 4.79 Å². The Bertz CT molecular complexity index is 1000. The molecule has 3 aromatic rings. The van der Waals surface area contributed by atoms with Gasteiger partial charge in [0.25, 0.3) is 0 Å². The lowest BCUT2D eigenvalue weighted by atomic mass is 10.2. The lowest BCUT2D eigenvalue weighted by Crippen LogP contribution is -2.10. The molecule has 3 rings (SSSR count). The third-order valence-electron chi connectivity index (χ3n) is 4.19. The molecule has 29 heavy (non-hydrogen) atoms. The van der Waals surface area contributed by atoms with Gasteiger partial charge in [0.15, 0.2) is 11.5 Å². The lowest BCUT2D eigenvalue weighted by molar-refractivity contribution is 0.0729. The van der Waals surface area contributed by atoms with Crippen LogP contribution in [0.25, 0.3) is 0 Å². The van der Waals surface area contributed by atoms with Gasteiger partial charge in [0.1, 0.15) is 12.0 Å². The highest BCUT2D eigenvalue weighted by Crippen LogP contribution is 2.30. The summed E-state index contributed by atoms with van der Waals surface area (Å²) in [4.78, 5) is 23.4. The summed E-state index contributed by atoms with van der Waals surface area (Å²) in [7, 11) is 1.44. The number of ether oxygens (including phenoxy) is 3. The molecule has 0 spiro atoms. The molecule has 0 N–H and O–H groups in total. The molecule has 0 aliphatic heterocycles. The van der Waals surface area contributed by atoms with E-state index in [2.05, 4.69) is 15.9 Å². The first-order chi connectivity index (χ1) is 14.1. The van der Waals surface area contributed by atoms with Crippen LogP contribution >= 0.6 is 15.9 Å². The number of halogens is 1. The van der Waals surface area contributed by atoms with E-state index in [0.29, 0.717) is 40.0 Å². The third kappa shape index (κ3) is 5.45. The second-order valence-electron chi connectivity index (χ2n) is 6.15. The molecule has 0 bridgehead atoms. The average Bonchev–Trinajstić information content (AvgIpc) is 2.75. The van der Waals surface area contributed by atoms with Crippen molar-refractivity contribution in [1.29, 1.82) is 0 Å². The number of esters is 1. The Balaban J connectivity index is 1.64. The van der Waals surface area contributed by atoms with Crippen LogP contribution in [-0.2, 0) is 6.42 Å². The molecule has 0 aliphatic carbocycles. The molecule has 5 nitrogen and oxygen atoms in total. The zero-order chi connectivity index (χ0) is 20.6. The monoisotopic (exact) mass is 454 g/mol. The molecule has 0 unspecified atom stereocenters. The smallest absolute Gasteiger partial charge is 0.343 e. The molecule has 0 fully saturated rings. The Hall–Kier alpha value is -3.12. The summed E-state index contributed by atoms with van der Waals surface area (Å²) in [5.74, 6) is 0.648. The average molecular weight is 455 g/mol. The van der Waals surface area contributed by atoms with Crippen molar-refractivity contribution >= 4 is 28.2 Å². The summed E-state index contributed by atoms with van der Waals surface area (Å²) < 4.78 is 17.1. The summed E-state index contributed by atoms with van der Waals surface area (Å²) in [5.41, 5.74) is 1.98. The van der Waals surface area contributed by atoms with Crippen molar-refractivity contribution in [3.63, 3.8) is 0 Å². The summed E-state index contributed by atoms with van der Waals surface area (Å²) in [6.45, 7) is 0.521. The maximum absolute atomic E-state index is 12.5. The first kappa shape index (κ1) is 20.6. The number of hydrogen-bond donors (Lipinski definition) is 0. The van der Waals surface area contributed by atoms with Crippen LogP contribution in [0, 0.1) is 0 Å². The third-order valence-corrected chi connectivity index (χ3v) is 4.80. The van der Waals surface area contributed by atoms with E-state index in [9.17, 15) is 9.59 Å². The van der Waals surface area contributed by atoms with Crippen LogP contribution in [0.3, 0.4) is 0 Å². The SMILES string of the molecule is COc1cc(C=O)ccc1OC(=O)c1ccc(OCCc2ccccc2)c(Br)c1. The van der Waals surface area contributed by atoms with Gasteiger partial charge >= 0.3 is 5.97 Å². The van der Waals surface area contributed by atoms with Crippen molar-refractivity contribution in [2.24, 2.45) is 0 Å². The van der Waals surface area contributed by atoms with E-state index < -0.39 is 5.97 Å². The Kier molecular flexibility index (Phi) is 7.03. The number of benzene rings is 3. The van der Waals surface area contributed by atoms with Crippen molar-refractivity contribution in [2.75, 3.05) is 13.7 Å². The van der Waals surface area contributed by atoms with Gasteiger partial charge in [-0.05, 0) is 57.9 Å². The van der Waals surface area contributed by atoms with Crippen molar-refractivity contribution in [3.8, 4) is 17.2 Å². The summed E-state index contributed by atoms with van der Waals surface area (Å²) in [5, 5.41) is 0. The van der Waals surface area contributed by atoms with Gasteiger partial charge in [0.05, 0.1) is 23.8 Å². The fourth-order valence-electron chi connectivity index (χ4n) is 2.67. The number of hydrogen-bond acceptors (Lipinski definition) is 5. The van der Waals surface area contributed by atoms with Crippen LogP contribution in [0.2, 0.25) is 0 Å². The summed E-state index contributed by atoms with van der Waals surface area (Å²) in [6, 6.07) is 19.7. The van der Waals surface area contributed by atoms with Gasteiger partial charge in [-0.1, -0.05) is 30.3 Å². The zero-order valence-electron chi connectivity index (χ0n) is 15.8. The number of rotatable bonds is 8. The molecule has 0 aliphatic rings. The summed E-state index contributed by atoms with van der Waals surface area (Å²) in [6.07, 6.45) is 1.48. The predicted molar refractivity (Wildman–Crippen MR) is 113 cm³/mol. The van der Waals surface area contributed by atoms with Gasteiger partial charge in [-0.15, -0.1) is 0 Å². The molecule has 0 radical (unpaired) electrons. The second-order valence-corrected chi connectivity index (χ2v) is 7.00. The van der Waals surface area contributed by atoms with Crippen LogP contribution in [0.4, 0.5) is 0 Å². The van der Waals surface area contributed by atoms with Crippen LogP contribution in [0.1, 0.15) is 26.3 Å². The van der Waals surface area contributed by atoms with Crippen molar-refractivity contribution in [3.05, 3.63) is 87.9 Å². The van der Waals surface area contributed by atoms with Crippen LogP contribution < -0.4 is 14.2 Å². The van der Waals surface area contributed by atoms with E-state index in [-0.39, 0.29) is 5.75 Å². The predicted octanol–water partition coefficient (Wildman–Crippen LogP) is 5.11. The molecule has 0 atom stereocenters. The number of carbonyl (C=O) groups excluding carboxylic acids is 2. The van der Waals surface area contributed by atoms with Gasteiger partial charge in [-0.25, -0.2) is 4.79 Å². The molecular formula is C23H19BrO5. The molecule has 6 heteroatoms. The molecule has 0 amide bonds. The van der Waals surface area contributed by atoms with E-state index >= 15 is 0 Å². The van der Waals surface area contributed by atoms with Crippen molar-refractivity contribution < 1.29 is 23.8 Å². The standard InChI is InChI=1S/C23H19BrO5/c1-27-22-13-17(15-25)7-9-21(22)29-23(26)18-8-10-20(19(24)14-18)28-12-11-16-5-3-2-4-6-16/h2-10,13-15H,11-12H2,1H3. The molecular weight excluding hydrogens is 436 g/mol. The number of aldehydes is 1. The first-order valence-electron chi connectivity index (χ1n) is 8.92. The van der Waals surface area contributed by atoms with E-state index in [1.807, 2.05) is 30.3 Å². The van der Waals surface area contributed by atoms with Crippen LogP contribution in [0.15, 0.2) is 71.2 Å². The highest BCUT2D eigenvalue weighted by Gasteiger charge is 2.15. The Labute approximate surface area is 177 Å². The van der Waals surface area contributed by atoms with Crippen LogP contribution in [0.5, 0.6) is 17.2 Å². The minimum absolute atomic E-state index is 0.238. The highest BCUT2D eigenvalue weighted by molar-refractivity contribution is 9.10. The Morgan fingerprint density at radius 3 is 2.41 bits per heavy atom. The lowest BCUT2D eigenvalue weighted by Gasteiger charge is -2.11. The van der Waals surface area contributed by atoms with Crippen molar-refractivity contribution in [2.45, 2.75) is 6.42 Å². The fourth-order valence-corrected chi connectivity index (χ4v) is 3.16. The van der Waals surface area contributed by atoms with E-state index in [0.717, 1.165) is 6.42 Å². The molecule has 0 saturated carbocycles. The second kappa shape index (κ2) is 9.89. The molecule has 0 aromatic heterocycles. The summed E-state index contributed by atoms with van der Waals surface area (Å²) >= 11 is 3.44. The molecule has 3 aromatic carbocycles. The van der Waals surface area contributed by atoms with E-state index in [4.69, 9.17) is 14.2 Å².